The first-order valence-corrected chi connectivity index (χ1v) is 6.75. The van der Waals surface area contributed by atoms with E-state index in [1.54, 1.807) is 6.33 Å². The smallest absolute Gasteiger partial charge is 0.138 e. The third-order valence-corrected chi connectivity index (χ3v) is 3.14. The molecular formula is C15H22N4. The third-order valence-electron chi connectivity index (χ3n) is 3.14. The van der Waals surface area contributed by atoms with E-state index in [0.717, 1.165) is 24.4 Å². The zero-order valence-electron chi connectivity index (χ0n) is 11.9. The standard InChI is InChI=1S/C15H22N4/c1-11(2)9-19-15(17-10-18-19)8-14(16)13-6-4-12(3)5-7-13/h4-7,10-11,14H,8-9,16H2,1-3H3. The highest BCUT2D eigenvalue weighted by molar-refractivity contribution is 5.24. The van der Waals surface area contributed by atoms with Crippen molar-refractivity contribution in [2.45, 2.75) is 39.8 Å². The topological polar surface area (TPSA) is 56.7 Å². The lowest BCUT2D eigenvalue weighted by Crippen LogP contribution is -2.18. The molecule has 0 bridgehead atoms. The maximum Gasteiger partial charge on any atom is 0.138 e. The Hall–Kier alpha value is -1.68. The van der Waals surface area contributed by atoms with Crippen LogP contribution in [0, 0.1) is 12.8 Å². The van der Waals surface area contributed by atoms with E-state index < -0.39 is 0 Å². The van der Waals surface area contributed by atoms with Crippen LogP contribution in [0.1, 0.15) is 36.8 Å². The number of benzene rings is 1. The number of aromatic nitrogens is 3. The monoisotopic (exact) mass is 258 g/mol. The van der Waals surface area contributed by atoms with Crippen LogP contribution in [-0.4, -0.2) is 14.8 Å². The molecule has 0 aliphatic heterocycles. The average molecular weight is 258 g/mol. The summed E-state index contributed by atoms with van der Waals surface area (Å²) >= 11 is 0. The maximum atomic E-state index is 6.25. The fraction of sp³-hybridized carbons (Fsp3) is 0.467. The molecule has 4 heteroatoms. The lowest BCUT2D eigenvalue weighted by Gasteiger charge is -2.13. The molecule has 1 heterocycles. The van der Waals surface area contributed by atoms with Crippen molar-refractivity contribution in [3.63, 3.8) is 0 Å². The van der Waals surface area contributed by atoms with E-state index in [0.29, 0.717) is 5.92 Å². The Labute approximate surface area is 114 Å². The molecule has 0 saturated carbocycles. The Bertz CT molecular complexity index is 513. The van der Waals surface area contributed by atoms with E-state index >= 15 is 0 Å². The van der Waals surface area contributed by atoms with Crippen LogP contribution in [-0.2, 0) is 13.0 Å². The van der Waals surface area contributed by atoms with Crippen molar-refractivity contribution in [2.24, 2.45) is 11.7 Å². The molecule has 0 radical (unpaired) electrons. The first-order chi connectivity index (χ1) is 9.06. The van der Waals surface area contributed by atoms with Crippen LogP contribution in [0.5, 0.6) is 0 Å². The van der Waals surface area contributed by atoms with Crippen molar-refractivity contribution >= 4 is 0 Å². The van der Waals surface area contributed by atoms with E-state index in [9.17, 15) is 0 Å². The van der Waals surface area contributed by atoms with Crippen LogP contribution in [0.15, 0.2) is 30.6 Å². The zero-order chi connectivity index (χ0) is 13.8. The molecular weight excluding hydrogens is 236 g/mol. The number of hydrogen-bond acceptors (Lipinski definition) is 3. The van der Waals surface area contributed by atoms with Gasteiger partial charge in [0.2, 0.25) is 0 Å². The Morgan fingerprint density at radius 1 is 1.21 bits per heavy atom. The molecule has 0 saturated heterocycles. The molecule has 1 aromatic carbocycles. The molecule has 1 atom stereocenters. The van der Waals surface area contributed by atoms with Crippen molar-refractivity contribution in [1.82, 2.24) is 14.8 Å². The minimum Gasteiger partial charge on any atom is -0.324 e. The minimum absolute atomic E-state index is 0.0317. The summed E-state index contributed by atoms with van der Waals surface area (Å²) in [4.78, 5) is 4.32. The van der Waals surface area contributed by atoms with Gasteiger partial charge in [-0.2, -0.15) is 5.10 Å². The van der Waals surface area contributed by atoms with Gasteiger partial charge in [-0.05, 0) is 18.4 Å². The van der Waals surface area contributed by atoms with Crippen LogP contribution in [0.25, 0.3) is 0 Å². The van der Waals surface area contributed by atoms with Crippen molar-refractivity contribution in [2.75, 3.05) is 0 Å². The summed E-state index contributed by atoms with van der Waals surface area (Å²) < 4.78 is 1.96. The molecule has 0 aliphatic rings. The van der Waals surface area contributed by atoms with Crippen molar-refractivity contribution in [3.05, 3.63) is 47.5 Å². The SMILES string of the molecule is Cc1ccc(C(N)Cc2ncnn2CC(C)C)cc1. The Balaban J connectivity index is 2.08. The van der Waals surface area contributed by atoms with Gasteiger partial charge >= 0.3 is 0 Å². The quantitative estimate of drug-likeness (QED) is 0.896. The molecule has 4 nitrogen and oxygen atoms in total. The van der Waals surface area contributed by atoms with Crippen LogP contribution in [0.4, 0.5) is 0 Å². The molecule has 102 valence electrons. The molecule has 0 aliphatic carbocycles. The molecule has 2 N–H and O–H groups in total. The van der Waals surface area contributed by atoms with Gasteiger partial charge < -0.3 is 5.73 Å². The highest BCUT2D eigenvalue weighted by Gasteiger charge is 2.12. The third kappa shape index (κ3) is 3.64. The fourth-order valence-electron chi connectivity index (χ4n) is 2.07. The van der Waals surface area contributed by atoms with Gasteiger partial charge in [-0.3, -0.25) is 0 Å². The van der Waals surface area contributed by atoms with Crippen molar-refractivity contribution in [3.8, 4) is 0 Å². The second-order valence-electron chi connectivity index (χ2n) is 5.47. The van der Waals surface area contributed by atoms with E-state index in [1.807, 2.05) is 4.68 Å². The summed E-state index contributed by atoms with van der Waals surface area (Å²) in [6.07, 6.45) is 2.33. The van der Waals surface area contributed by atoms with E-state index in [4.69, 9.17) is 5.73 Å². The molecule has 2 aromatic rings. The van der Waals surface area contributed by atoms with E-state index in [-0.39, 0.29) is 6.04 Å². The lowest BCUT2D eigenvalue weighted by molar-refractivity contribution is 0.459. The fourth-order valence-corrected chi connectivity index (χ4v) is 2.07. The van der Waals surface area contributed by atoms with Crippen LogP contribution < -0.4 is 5.73 Å². The molecule has 0 amide bonds. The summed E-state index contributed by atoms with van der Waals surface area (Å²) in [6, 6.07) is 8.32. The second kappa shape index (κ2) is 5.97. The summed E-state index contributed by atoms with van der Waals surface area (Å²) in [5.41, 5.74) is 8.65. The van der Waals surface area contributed by atoms with Crippen molar-refractivity contribution in [1.29, 1.82) is 0 Å². The summed E-state index contributed by atoms with van der Waals surface area (Å²) in [5.74, 6) is 1.51. The van der Waals surface area contributed by atoms with Gasteiger partial charge in [0, 0.05) is 19.0 Å². The number of nitrogens with zero attached hydrogens (tertiary/aromatic N) is 3. The van der Waals surface area contributed by atoms with Crippen LogP contribution in [0.3, 0.4) is 0 Å². The molecule has 1 aromatic heterocycles. The predicted molar refractivity (Wildman–Crippen MR) is 76.7 cm³/mol. The summed E-state index contributed by atoms with van der Waals surface area (Å²) in [6.45, 7) is 7.31. The van der Waals surface area contributed by atoms with Crippen LogP contribution in [0.2, 0.25) is 0 Å². The normalized spacial score (nSPS) is 12.9. The van der Waals surface area contributed by atoms with Gasteiger partial charge in [-0.15, -0.1) is 0 Å². The van der Waals surface area contributed by atoms with Gasteiger partial charge in [0.05, 0.1) is 0 Å². The Morgan fingerprint density at radius 3 is 2.53 bits per heavy atom. The van der Waals surface area contributed by atoms with Gasteiger partial charge in [0.15, 0.2) is 0 Å². The predicted octanol–water partition coefficient (Wildman–Crippen LogP) is 2.49. The zero-order valence-corrected chi connectivity index (χ0v) is 11.9. The summed E-state index contributed by atoms with van der Waals surface area (Å²) in [5, 5.41) is 4.27. The summed E-state index contributed by atoms with van der Waals surface area (Å²) in [7, 11) is 0. The Kier molecular flexibility index (Phi) is 4.32. The highest BCUT2D eigenvalue weighted by Crippen LogP contribution is 2.16. The molecule has 0 fully saturated rings. The maximum absolute atomic E-state index is 6.25. The number of nitrogens with two attached hydrogens (primary N) is 1. The van der Waals surface area contributed by atoms with Crippen molar-refractivity contribution < 1.29 is 0 Å². The van der Waals surface area contributed by atoms with Gasteiger partial charge in [0.25, 0.3) is 0 Å². The largest absolute Gasteiger partial charge is 0.324 e. The highest BCUT2D eigenvalue weighted by atomic mass is 15.3. The second-order valence-corrected chi connectivity index (χ2v) is 5.47. The number of aryl methyl sites for hydroxylation is 1. The van der Waals surface area contributed by atoms with Gasteiger partial charge in [-0.25, -0.2) is 9.67 Å². The molecule has 1 unspecified atom stereocenters. The van der Waals surface area contributed by atoms with E-state index in [1.165, 1.54) is 5.56 Å². The minimum atomic E-state index is -0.0317. The van der Waals surface area contributed by atoms with Gasteiger partial charge in [0.1, 0.15) is 12.2 Å². The molecule has 0 spiro atoms. The lowest BCUT2D eigenvalue weighted by atomic mass is 10.0. The van der Waals surface area contributed by atoms with Gasteiger partial charge in [-0.1, -0.05) is 43.7 Å². The number of rotatable bonds is 5. The van der Waals surface area contributed by atoms with Crippen LogP contribution >= 0.6 is 0 Å². The van der Waals surface area contributed by atoms with E-state index in [2.05, 4.69) is 55.1 Å². The first kappa shape index (κ1) is 13.7. The molecule has 2 rings (SSSR count). The average Bonchev–Trinajstić information content (AvgIpc) is 2.76. The number of hydrogen-bond donors (Lipinski definition) is 1. The Morgan fingerprint density at radius 2 is 1.89 bits per heavy atom. The molecule has 19 heavy (non-hydrogen) atoms. The first-order valence-electron chi connectivity index (χ1n) is 6.75.